The monoisotopic (exact) mass is 227 g/mol. The van der Waals surface area contributed by atoms with Gasteiger partial charge in [-0.3, -0.25) is 0 Å². The van der Waals surface area contributed by atoms with E-state index in [1.165, 1.54) is 11.1 Å². The molecule has 0 fully saturated rings. The Morgan fingerprint density at radius 1 is 1.35 bits per heavy atom. The standard InChI is InChI=1S/C16H21N/c1-4-6-10-15(5-2)13-17-14(3)16-11-8-7-9-12-16/h4-12,14,17H,2,13H2,1,3H3/b6-4+,15-10+. The van der Waals surface area contributed by atoms with E-state index >= 15 is 0 Å². The number of rotatable bonds is 6. The maximum absolute atomic E-state index is 3.82. The lowest BCUT2D eigenvalue weighted by atomic mass is 10.1. The summed E-state index contributed by atoms with van der Waals surface area (Å²) in [6, 6.07) is 10.8. The highest BCUT2D eigenvalue weighted by molar-refractivity contribution is 5.24. The summed E-state index contributed by atoms with van der Waals surface area (Å²) in [4.78, 5) is 0. The smallest absolute Gasteiger partial charge is 0.0294 e. The van der Waals surface area contributed by atoms with Crippen LogP contribution in [0.15, 0.2) is 66.8 Å². The number of hydrogen-bond acceptors (Lipinski definition) is 1. The first-order chi connectivity index (χ1) is 8.27. The molecule has 0 aliphatic rings. The second-order valence-electron chi connectivity index (χ2n) is 3.98. The van der Waals surface area contributed by atoms with Crippen LogP contribution < -0.4 is 5.32 Å². The van der Waals surface area contributed by atoms with Gasteiger partial charge in [0.2, 0.25) is 0 Å². The predicted octanol–water partition coefficient (Wildman–Crippen LogP) is 4.03. The van der Waals surface area contributed by atoms with Gasteiger partial charge in [-0.1, -0.05) is 61.2 Å². The molecule has 1 rings (SSSR count). The van der Waals surface area contributed by atoms with Crippen molar-refractivity contribution in [1.82, 2.24) is 5.32 Å². The largest absolute Gasteiger partial charge is 0.306 e. The van der Waals surface area contributed by atoms with Crippen molar-refractivity contribution in [3.05, 3.63) is 72.4 Å². The Hall–Kier alpha value is -1.60. The van der Waals surface area contributed by atoms with Gasteiger partial charge in [0.15, 0.2) is 0 Å². The highest BCUT2D eigenvalue weighted by atomic mass is 14.9. The molecule has 1 aromatic carbocycles. The zero-order valence-electron chi connectivity index (χ0n) is 10.7. The molecular weight excluding hydrogens is 206 g/mol. The summed E-state index contributed by atoms with van der Waals surface area (Å²) in [5.74, 6) is 0. The fourth-order valence-electron chi connectivity index (χ4n) is 1.55. The van der Waals surface area contributed by atoms with Gasteiger partial charge in [-0.2, -0.15) is 0 Å². The third-order valence-electron chi connectivity index (χ3n) is 2.68. The Labute approximate surface area is 105 Å². The minimum Gasteiger partial charge on any atom is -0.306 e. The molecule has 90 valence electrons. The number of benzene rings is 1. The molecule has 0 saturated heterocycles. The molecule has 1 N–H and O–H groups in total. The molecule has 1 heteroatoms. The van der Waals surface area contributed by atoms with Crippen LogP contribution in [0.25, 0.3) is 0 Å². The Kier molecular flexibility index (Phi) is 6.05. The molecule has 0 spiro atoms. The Morgan fingerprint density at radius 3 is 2.65 bits per heavy atom. The van der Waals surface area contributed by atoms with E-state index in [1.807, 2.05) is 31.2 Å². The fraction of sp³-hybridized carbons (Fsp3) is 0.250. The number of hydrogen-bond donors (Lipinski definition) is 1. The molecule has 0 bridgehead atoms. The summed E-state index contributed by atoms with van der Waals surface area (Å²) in [6.07, 6.45) is 8.03. The summed E-state index contributed by atoms with van der Waals surface area (Å²) < 4.78 is 0. The third kappa shape index (κ3) is 4.83. The fourth-order valence-corrected chi connectivity index (χ4v) is 1.55. The van der Waals surface area contributed by atoms with Gasteiger partial charge in [-0.15, -0.1) is 0 Å². The van der Waals surface area contributed by atoms with Gasteiger partial charge in [0.25, 0.3) is 0 Å². The van der Waals surface area contributed by atoms with Crippen molar-refractivity contribution in [3.63, 3.8) is 0 Å². The third-order valence-corrected chi connectivity index (χ3v) is 2.68. The topological polar surface area (TPSA) is 12.0 Å². The lowest BCUT2D eigenvalue weighted by Gasteiger charge is -2.14. The molecular formula is C16H21N. The van der Waals surface area contributed by atoms with E-state index in [4.69, 9.17) is 0 Å². The summed E-state index contributed by atoms with van der Waals surface area (Å²) in [5.41, 5.74) is 2.51. The van der Waals surface area contributed by atoms with Gasteiger partial charge in [0, 0.05) is 12.6 Å². The first kappa shape index (κ1) is 13.5. The lowest BCUT2D eigenvalue weighted by molar-refractivity contribution is 0.610. The van der Waals surface area contributed by atoms with E-state index in [1.54, 1.807) is 0 Å². The molecule has 0 saturated carbocycles. The molecule has 1 unspecified atom stereocenters. The van der Waals surface area contributed by atoms with Gasteiger partial charge in [-0.25, -0.2) is 0 Å². The summed E-state index contributed by atoms with van der Waals surface area (Å²) in [7, 11) is 0. The number of allylic oxidation sites excluding steroid dienone is 3. The van der Waals surface area contributed by atoms with Gasteiger partial charge in [-0.05, 0) is 25.0 Å². The van der Waals surface area contributed by atoms with Crippen LogP contribution in [0.5, 0.6) is 0 Å². The van der Waals surface area contributed by atoms with E-state index in [0.717, 1.165) is 6.54 Å². The predicted molar refractivity (Wildman–Crippen MR) is 76.0 cm³/mol. The van der Waals surface area contributed by atoms with Gasteiger partial charge in [0.1, 0.15) is 0 Å². The van der Waals surface area contributed by atoms with Crippen LogP contribution >= 0.6 is 0 Å². The Morgan fingerprint density at radius 2 is 2.06 bits per heavy atom. The molecule has 1 atom stereocenters. The highest BCUT2D eigenvalue weighted by Crippen LogP contribution is 2.11. The van der Waals surface area contributed by atoms with Crippen molar-refractivity contribution < 1.29 is 0 Å². The summed E-state index contributed by atoms with van der Waals surface area (Å²) in [6.45, 7) is 8.84. The van der Waals surface area contributed by atoms with Crippen LogP contribution in [0.4, 0.5) is 0 Å². The van der Waals surface area contributed by atoms with Crippen LogP contribution in [0.1, 0.15) is 25.5 Å². The number of nitrogens with one attached hydrogen (secondary N) is 1. The van der Waals surface area contributed by atoms with E-state index < -0.39 is 0 Å². The van der Waals surface area contributed by atoms with Crippen molar-refractivity contribution in [3.8, 4) is 0 Å². The average Bonchev–Trinajstić information content (AvgIpc) is 2.39. The van der Waals surface area contributed by atoms with E-state index in [0.29, 0.717) is 6.04 Å². The van der Waals surface area contributed by atoms with Crippen molar-refractivity contribution >= 4 is 0 Å². The molecule has 0 aliphatic heterocycles. The van der Waals surface area contributed by atoms with Crippen molar-refractivity contribution in [2.45, 2.75) is 19.9 Å². The van der Waals surface area contributed by atoms with E-state index in [-0.39, 0.29) is 0 Å². The van der Waals surface area contributed by atoms with Crippen LogP contribution in [-0.2, 0) is 0 Å². The second-order valence-corrected chi connectivity index (χ2v) is 3.98. The zero-order valence-corrected chi connectivity index (χ0v) is 10.7. The molecule has 17 heavy (non-hydrogen) atoms. The van der Waals surface area contributed by atoms with Gasteiger partial charge < -0.3 is 5.32 Å². The Bertz CT molecular complexity index is 387. The minimum absolute atomic E-state index is 0.352. The second kappa shape index (κ2) is 7.64. The molecule has 0 heterocycles. The van der Waals surface area contributed by atoms with Crippen molar-refractivity contribution in [2.24, 2.45) is 0 Å². The summed E-state index contributed by atoms with van der Waals surface area (Å²) >= 11 is 0. The molecule has 0 radical (unpaired) electrons. The van der Waals surface area contributed by atoms with E-state index in [2.05, 4.69) is 49.2 Å². The van der Waals surface area contributed by atoms with Crippen LogP contribution in [0.2, 0.25) is 0 Å². The Balaban J connectivity index is 2.53. The molecule has 0 aliphatic carbocycles. The average molecular weight is 227 g/mol. The quantitative estimate of drug-likeness (QED) is 0.724. The molecule has 0 aromatic heterocycles. The first-order valence-electron chi connectivity index (χ1n) is 6.00. The summed E-state index contributed by atoms with van der Waals surface area (Å²) in [5, 5.41) is 3.49. The lowest BCUT2D eigenvalue weighted by Crippen LogP contribution is -2.20. The normalized spacial score (nSPS) is 13.9. The van der Waals surface area contributed by atoms with Crippen LogP contribution in [0, 0.1) is 0 Å². The first-order valence-corrected chi connectivity index (χ1v) is 6.00. The molecule has 1 nitrogen and oxygen atoms in total. The molecule has 0 amide bonds. The van der Waals surface area contributed by atoms with Gasteiger partial charge >= 0.3 is 0 Å². The van der Waals surface area contributed by atoms with Crippen molar-refractivity contribution in [2.75, 3.05) is 6.54 Å². The maximum atomic E-state index is 3.82. The van der Waals surface area contributed by atoms with Gasteiger partial charge in [0.05, 0.1) is 0 Å². The van der Waals surface area contributed by atoms with Crippen molar-refractivity contribution in [1.29, 1.82) is 0 Å². The minimum atomic E-state index is 0.352. The van der Waals surface area contributed by atoms with E-state index in [9.17, 15) is 0 Å². The molecule has 1 aromatic rings. The SMILES string of the molecule is C=C/C(=C\C=C\C)CNC(C)c1ccccc1. The van der Waals surface area contributed by atoms with Crippen LogP contribution in [-0.4, -0.2) is 6.54 Å². The highest BCUT2D eigenvalue weighted by Gasteiger charge is 2.03. The zero-order chi connectivity index (χ0) is 12.5. The van der Waals surface area contributed by atoms with Crippen LogP contribution in [0.3, 0.4) is 0 Å². The maximum Gasteiger partial charge on any atom is 0.0294 e.